The van der Waals surface area contributed by atoms with Gasteiger partial charge in [0.25, 0.3) is 10.0 Å². The molecule has 0 unspecified atom stereocenters. The molecule has 3 aromatic rings. The van der Waals surface area contributed by atoms with Gasteiger partial charge < -0.3 is 14.2 Å². The highest BCUT2D eigenvalue weighted by atomic mass is 32.2. The van der Waals surface area contributed by atoms with Crippen LogP contribution in [-0.4, -0.2) is 41.3 Å². The van der Waals surface area contributed by atoms with Crippen molar-refractivity contribution in [1.82, 2.24) is 13.9 Å². The van der Waals surface area contributed by atoms with Crippen LogP contribution in [0.3, 0.4) is 0 Å². The zero-order valence-electron chi connectivity index (χ0n) is 19.9. The maximum Gasteiger partial charge on any atom is 0.262 e. The summed E-state index contributed by atoms with van der Waals surface area (Å²) in [6.45, 7) is 6.80. The number of benzene rings is 2. The van der Waals surface area contributed by atoms with Crippen LogP contribution in [0.15, 0.2) is 60.0 Å². The van der Waals surface area contributed by atoms with E-state index in [1.54, 1.807) is 16.5 Å². The lowest BCUT2D eigenvalue weighted by Gasteiger charge is -2.25. The maximum atomic E-state index is 13.1. The number of sulfonamides is 1. The lowest BCUT2D eigenvalue weighted by atomic mass is 10.1. The summed E-state index contributed by atoms with van der Waals surface area (Å²) in [5.41, 5.74) is 3.61. The van der Waals surface area contributed by atoms with Gasteiger partial charge in [-0.05, 0) is 36.8 Å². The van der Waals surface area contributed by atoms with E-state index in [9.17, 15) is 13.2 Å². The van der Waals surface area contributed by atoms with Crippen molar-refractivity contribution < 1.29 is 17.9 Å². The minimum Gasteiger partial charge on any atom is -0.492 e. The van der Waals surface area contributed by atoms with Gasteiger partial charge in [-0.15, -0.1) is 0 Å². The van der Waals surface area contributed by atoms with Crippen LogP contribution in [0.1, 0.15) is 30.5 Å². The second-order valence-electron chi connectivity index (χ2n) is 8.92. The first-order chi connectivity index (χ1) is 16.1. The van der Waals surface area contributed by atoms with Crippen molar-refractivity contribution in [2.75, 3.05) is 18.1 Å². The molecular weight excluding hydrogens is 452 g/mol. The maximum absolute atomic E-state index is 13.1. The standard InChI is InChI=1S/C25H30N4O4S/c1-18(2)25(30)29(22-8-5-19(3)6-9-22)14-20-7-10-23-21(13-20)15-28(11-12-33-23)34(31,32)24-16-27(4)17-26-24/h5-10,13,16-18H,11-12,14-15H2,1-4H3. The van der Waals surface area contributed by atoms with Gasteiger partial charge in [0, 0.05) is 43.5 Å². The Hall–Kier alpha value is -3.17. The third-order valence-corrected chi connectivity index (χ3v) is 7.53. The molecule has 0 fully saturated rings. The second kappa shape index (κ2) is 9.60. The van der Waals surface area contributed by atoms with Crippen molar-refractivity contribution in [3.63, 3.8) is 0 Å². The van der Waals surface area contributed by atoms with E-state index in [1.165, 1.54) is 16.8 Å². The lowest BCUT2D eigenvalue weighted by Crippen LogP contribution is -2.34. The Morgan fingerprint density at radius 3 is 2.56 bits per heavy atom. The van der Waals surface area contributed by atoms with Gasteiger partial charge in [0.2, 0.25) is 5.91 Å². The quantitative estimate of drug-likeness (QED) is 0.537. The molecule has 0 radical (unpaired) electrons. The van der Waals surface area contributed by atoms with E-state index in [1.807, 2.05) is 63.2 Å². The second-order valence-corrected chi connectivity index (χ2v) is 10.8. The molecule has 0 atom stereocenters. The molecule has 0 saturated heterocycles. The highest BCUT2D eigenvalue weighted by molar-refractivity contribution is 7.89. The van der Waals surface area contributed by atoms with Gasteiger partial charge in [0.15, 0.2) is 5.03 Å². The Bertz CT molecular complexity index is 1280. The number of carbonyl (C=O) groups excluding carboxylic acids is 1. The summed E-state index contributed by atoms with van der Waals surface area (Å²) in [5, 5.41) is 0.0164. The Labute approximate surface area is 200 Å². The number of hydrogen-bond acceptors (Lipinski definition) is 5. The van der Waals surface area contributed by atoms with Crippen molar-refractivity contribution in [2.24, 2.45) is 13.0 Å². The largest absolute Gasteiger partial charge is 0.492 e. The minimum atomic E-state index is -3.76. The Kier molecular flexibility index (Phi) is 6.77. The highest BCUT2D eigenvalue weighted by Gasteiger charge is 2.30. The third-order valence-electron chi connectivity index (χ3n) is 5.80. The average Bonchev–Trinajstić information content (AvgIpc) is 3.13. The molecule has 2 aromatic carbocycles. The molecule has 1 amide bonds. The summed E-state index contributed by atoms with van der Waals surface area (Å²) in [6, 6.07) is 13.6. The number of amides is 1. The first-order valence-corrected chi connectivity index (χ1v) is 12.7. The van der Waals surface area contributed by atoms with Crippen LogP contribution in [0.5, 0.6) is 5.75 Å². The van der Waals surface area contributed by atoms with Crippen LogP contribution in [0, 0.1) is 12.8 Å². The number of aromatic nitrogens is 2. The fourth-order valence-electron chi connectivity index (χ4n) is 3.90. The predicted octanol–water partition coefficient (Wildman–Crippen LogP) is 3.50. The van der Waals surface area contributed by atoms with Crippen LogP contribution in [-0.2, 0) is 35.0 Å². The van der Waals surface area contributed by atoms with Crippen LogP contribution in [0.25, 0.3) is 0 Å². The summed E-state index contributed by atoms with van der Waals surface area (Å²) in [6.07, 6.45) is 2.97. The predicted molar refractivity (Wildman–Crippen MR) is 130 cm³/mol. The topological polar surface area (TPSA) is 84.7 Å². The lowest BCUT2D eigenvalue weighted by molar-refractivity contribution is -0.121. The molecule has 0 aliphatic carbocycles. The smallest absolute Gasteiger partial charge is 0.262 e. The molecule has 9 heteroatoms. The van der Waals surface area contributed by atoms with E-state index in [-0.39, 0.29) is 36.5 Å². The molecule has 0 bridgehead atoms. The SMILES string of the molecule is Cc1ccc(N(Cc2ccc3c(c2)CN(S(=O)(=O)c2cn(C)cn2)CCO3)C(=O)C(C)C)cc1. The zero-order valence-corrected chi connectivity index (χ0v) is 20.7. The number of fused-ring (bicyclic) bond motifs is 1. The number of ether oxygens (including phenoxy) is 1. The molecule has 8 nitrogen and oxygen atoms in total. The van der Waals surface area contributed by atoms with Gasteiger partial charge >= 0.3 is 0 Å². The molecule has 4 rings (SSSR count). The van der Waals surface area contributed by atoms with Crippen molar-refractivity contribution in [2.45, 2.75) is 38.9 Å². The van der Waals surface area contributed by atoms with E-state index in [0.717, 1.165) is 22.4 Å². The molecule has 2 heterocycles. The van der Waals surface area contributed by atoms with E-state index in [0.29, 0.717) is 12.3 Å². The van der Waals surface area contributed by atoms with Gasteiger partial charge in [-0.25, -0.2) is 13.4 Å². The Morgan fingerprint density at radius 2 is 1.91 bits per heavy atom. The number of anilines is 1. The molecule has 1 aliphatic heterocycles. The molecule has 1 aromatic heterocycles. The van der Waals surface area contributed by atoms with E-state index in [4.69, 9.17) is 4.74 Å². The Morgan fingerprint density at radius 1 is 1.18 bits per heavy atom. The van der Waals surface area contributed by atoms with E-state index >= 15 is 0 Å². The summed E-state index contributed by atoms with van der Waals surface area (Å²) in [4.78, 5) is 18.8. The van der Waals surface area contributed by atoms with Gasteiger partial charge in [0.05, 0.1) is 12.9 Å². The zero-order chi connectivity index (χ0) is 24.5. The van der Waals surface area contributed by atoms with E-state index in [2.05, 4.69) is 4.98 Å². The normalized spacial score (nSPS) is 14.4. The highest BCUT2D eigenvalue weighted by Crippen LogP contribution is 2.29. The van der Waals surface area contributed by atoms with Crippen molar-refractivity contribution in [1.29, 1.82) is 0 Å². The number of hydrogen-bond donors (Lipinski definition) is 0. The first-order valence-electron chi connectivity index (χ1n) is 11.3. The molecule has 180 valence electrons. The molecule has 34 heavy (non-hydrogen) atoms. The van der Waals surface area contributed by atoms with Crippen molar-refractivity contribution in [3.8, 4) is 5.75 Å². The monoisotopic (exact) mass is 482 g/mol. The summed E-state index contributed by atoms with van der Waals surface area (Å²) >= 11 is 0. The van der Waals surface area contributed by atoms with Crippen LogP contribution >= 0.6 is 0 Å². The summed E-state index contributed by atoms with van der Waals surface area (Å²) in [7, 11) is -2.02. The van der Waals surface area contributed by atoms with Crippen LogP contribution in [0.4, 0.5) is 5.69 Å². The fraction of sp³-hybridized carbons (Fsp3) is 0.360. The molecular formula is C25H30N4O4S. The fourth-order valence-corrected chi connectivity index (χ4v) is 5.27. The Balaban J connectivity index is 1.63. The van der Waals surface area contributed by atoms with Crippen molar-refractivity contribution in [3.05, 3.63) is 71.7 Å². The van der Waals surface area contributed by atoms with Gasteiger partial charge in [0.1, 0.15) is 12.4 Å². The first kappa shape index (κ1) is 24.0. The third kappa shape index (κ3) is 5.00. The van der Waals surface area contributed by atoms with E-state index < -0.39 is 10.0 Å². The molecule has 0 N–H and O–H groups in total. The molecule has 1 aliphatic rings. The average molecular weight is 483 g/mol. The van der Waals surface area contributed by atoms with Gasteiger partial charge in [-0.1, -0.05) is 37.6 Å². The number of aryl methyl sites for hydroxylation is 2. The number of imidazole rings is 1. The van der Waals surface area contributed by atoms with Gasteiger partial charge in [-0.2, -0.15) is 4.31 Å². The summed E-state index contributed by atoms with van der Waals surface area (Å²) in [5.74, 6) is 0.512. The van der Waals surface area contributed by atoms with Gasteiger partial charge in [-0.3, -0.25) is 4.79 Å². The van der Waals surface area contributed by atoms with Crippen LogP contribution in [0.2, 0.25) is 0 Å². The van der Waals surface area contributed by atoms with Crippen LogP contribution < -0.4 is 9.64 Å². The molecule has 0 saturated carbocycles. The number of nitrogens with zero attached hydrogens (tertiary/aromatic N) is 4. The number of rotatable bonds is 6. The van der Waals surface area contributed by atoms with Crippen molar-refractivity contribution >= 4 is 21.6 Å². The molecule has 0 spiro atoms. The summed E-state index contributed by atoms with van der Waals surface area (Å²) < 4.78 is 35.1. The number of carbonyl (C=O) groups is 1. The minimum absolute atomic E-state index is 0.0164.